The van der Waals surface area contributed by atoms with E-state index < -0.39 is 23.1 Å². The Labute approximate surface area is 215 Å². The maximum atomic E-state index is 13.3. The molecule has 0 saturated heterocycles. The van der Waals surface area contributed by atoms with Gasteiger partial charge in [0.15, 0.2) is 0 Å². The monoisotopic (exact) mass is 498 g/mol. The number of aromatic nitrogens is 3. The topological polar surface area (TPSA) is 107 Å². The number of benzene rings is 2. The van der Waals surface area contributed by atoms with Crippen LogP contribution in [0.1, 0.15) is 49.8 Å². The van der Waals surface area contributed by atoms with Crippen molar-refractivity contribution in [2.24, 2.45) is 5.92 Å². The van der Waals surface area contributed by atoms with Crippen molar-refractivity contribution < 1.29 is 14.0 Å². The Morgan fingerprint density at radius 2 is 1.57 bits per heavy atom. The molecule has 1 amide bonds. The van der Waals surface area contributed by atoms with Crippen molar-refractivity contribution in [3.05, 3.63) is 107 Å². The van der Waals surface area contributed by atoms with Crippen LogP contribution >= 0.6 is 0 Å². The van der Waals surface area contributed by atoms with Gasteiger partial charge in [-0.1, -0.05) is 80.6 Å². The SMILES string of the molecule is CC(C)[C@@H](NC(=O)Cn1c(-c2ccccc2)cccc1=O)C(=O)c1nnc(C(C)(C)c2ccccc2)o1. The molecule has 1 N–H and O–H groups in total. The van der Waals surface area contributed by atoms with Gasteiger partial charge in [-0.2, -0.15) is 0 Å². The molecule has 0 aliphatic heterocycles. The molecule has 0 aliphatic rings. The van der Waals surface area contributed by atoms with E-state index in [4.69, 9.17) is 4.42 Å². The van der Waals surface area contributed by atoms with Gasteiger partial charge in [-0.15, -0.1) is 10.2 Å². The summed E-state index contributed by atoms with van der Waals surface area (Å²) in [4.78, 5) is 39.0. The van der Waals surface area contributed by atoms with Gasteiger partial charge in [0.1, 0.15) is 6.54 Å². The Bertz CT molecular complexity index is 1440. The van der Waals surface area contributed by atoms with Crippen molar-refractivity contribution in [3.8, 4) is 11.3 Å². The second-order valence-electron chi connectivity index (χ2n) is 9.76. The first-order valence-electron chi connectivity index (χ1n) is 12.2. The van der Waals surface area contributed by atoms with Crippen LogP contribution in [0.2, 0.25) is 0 Å². The molecule has 37 heavy (non-hydrogen) atoms. The predicted molar refractivity (Wildman–Crippen MR) is 140 cm³/mol. The Morgan fingerprint density at radius 1 is 0.919 bits per heavy atom. The van der Waals surface area contributed by atoms with Crippen molar-refractivity contribution in [1.82, 2.24) is 20.1 Å². The number of carbonyl (C=O) groups excluding carboxylic acids is 2. The summed E-state index contributed by atoms with van der Waals surface area (Å²) < 4.78 is 7.20. The number of Topliss-reactive ketones (excluding diaryl/α,β-unsaturated/α-hetero) is 1. The van der Waals surface area contributed by atoms with Gasteiger partial charge in [-0.25, -0.2) is 0 Å². The molecule has 0 aliphatic carbocycles. The smallest absolute Gasteiger partial charge is 0.286 e. The Balaban J connectivity index is 1.54. The number of nitrogens with zero attached hydrogens (tertiary/aromatic N) is 3. The summed E-state index contributed by atoms with van der Waals surface area (Å²) in [7, 11) is 0. The van der Waals surface area contributed by atoms with Crippen LogP contribution in [0.15, 0.2) is 88.1 Å². The van der Waals surface area contributed by atoms with Gasteiger partial charge in [0, 0.05) is 6.07 Å². The van der Waals surface area contributed by atoms with Crippen LogP contribution in [-0.4, -0.2) is 32.5 Å². The van der Waals surface area contributed by atoms with E-state index in [2.05, 4.69) is 15.5 Å². The Hall–Kier alpha value is -4.33. The lowest BCUT2D eigenvalue weighted by Gasteiger charge is -2.21. The third-order valence-electron chi connectivity index (χ3n) is 6.35. The Kier molecular flexibility index (Phi) is 7.47. The predicted octanol–water partition coefficient (Wildman–Crippen LogP) is 4.25. The third-order valence-corrected chi connectivity index (χ3v) is 6.35. The fourth-order valence-electron chi connectivity index (χ4n) is 4.13. The lowest BCUT2D eigenvalue weighted by Crippen LogP contribution is -2.46. The molecule has 4 aromatic rings. The number of carbonyl (C=O) groups is 2. The van der Waals surface area contributed by atoms with E-state index in [0.717, 1.165) is 11.1 Å². The van der Waals surface area contributed by atoms with Gasteiger partial charge in [-0.3, -0.25) is 19.0 Å². The van der Waals surface area contributed by atoms with E-state index in [1.807, 2.05) is 88.4 Å². The molecule has 0 spiro atoms. The molecule has 0 saturated carbocycles. The fraction of sp³-hybridized carbons (Fsp3) is 0.276. The second-order valence-corrected chi connectivity index (χ2v) is 9.76. The van der Waals surface area contributed by atoms with Crippen LogP contribution in [0, 0.1) is 5.92 Å². The Morgan fingerprint density at radius 3 is 2.22 bits per heavy atom. The largest absolute Gasteiger partial charge is 0.417 e. The van der Waals surface area contributed by atoms with Crippen LogP contribution in [-0.2, 0) is 16.8 Å². The van der Waals surface area contributed by atoms with E-state index in [9.17, 15) is 14.4 Å². The lowest BCUT2D eigenvalue weighted by molar-refractivity contribution is -0.122. The highest BCUT2D eigenvalue weighted by Gasteiger charge is 2.34. The summed E-state index contributed by atoms with van der Waals surface area (Å²) in [5.74, 6) is -1.06. The van der Waals surface area contributed by atoms with Crippen LogP contribution in [0.4, 0.5) is 0 Å². The minimum absolute atomic E-state index is 0.167. The summed E-state index contributed by atoms with van der Waals surface area (Å²) in [5, 5.41) is 10.9. The van der Waals surface area contributed by atoms with Gasteiger partial charge in [0.2, 0.25) is 17.6 Å². The highest BCUT2D eigenvalue weighted by molar-refractivity contribution is 5.98. The third kappa shape index (κ3) is 5.58. The van der Waals surface area contributed by atoms with E-state index >= 15 is 0 Å². The maximum Gasteiger partial charge on any atom is 0.286 e. The van der Waals surface area contributed by atoms with E-state index in [-0.39, 0.29) is 23.9 Å². The number of ketones is 1. The maximum absolute atomic E-state index is 13.3. The lowest BCUT2D eigenvalue weighted by atomic mass is 9.85. The first kappa shape index (κ1) is 25.8. The van der Waals surface area contributed by atoms with Crippen molar-refractivity contribution >= 4 is 11.7 Å². The molecule has 2 aromatic carbocycles. The zero-order chi connectivity index (χ0) is 26.6. The molecule has 2 heterocycles. The average Bonchev–Trinajstić information content (AvgIpc) is 3.40. The summed E-state index contributed by atoms with van der Waals surface area (Å²) in [6.07, 6.45) is 0. The number of rotatable bonds is 9. The molecule has 8 heteroatoms. The molecule has 1 atom stereocenters. The van der Waals surface area contributed by atoms with Crippen molar-refractivity contribution in [2.75, 3.05) is 0 Å². The zero-order valence-corrected chi connectivity index (χ0v) is 21.3. The molecule has 0 bridgehead atoms. The number of hydrogen-bond acceptors (Lipinski definition) is 6. The molecule has 2 aromatic heterocycles. The molecule has 190 valence electrons. The molecule has 0 radical (unpaired) electrons. The molecule has 8 nitrogen and oxygen atoms in total. The van der Waals surface area contributed by atoms with Gasteiger partial charge in [0.05, 0.1) is 17.2 Å². The van der Waals surface area contributed by atoms with Crippen LogP contribution in [0.3, 0.4) is 0 Å². The molecule has 0 unspecified atom stereocenters. The fourth-order valence-corrected chi connectivity index (χ4v) is 4.13. The molecular weight excluding hydrogens is 468 g/mol. The first-order chi connectivity index (χ1) is 17.7. The number of nitrogens with one attached hydrogen (secondary N) is 1. The summed E-state index contributed by atoms with van der Waals surface area (Å²) in [6.45, 7) is 7.27. The normalized spacial score (nSPS) is 12.4. The summed E-state index contributed by atoms with van der Waals surface area (Å²) in [6, 6.07) is 23.0. The van der Waals surface area contributed by atoms with E-state index in [1.54, 1.807) is 12.1 Å². The van der Waals surface area contributed by atoms with E-state index in [0.29, 0.717) is 11.6 Å². The molecule has 0 fully saturated rings. The highest BCUT2D eigenvalue weighted by atomic mass is 16.4. The first-order valence-corrected chi connectivity index (χ1v) is 12.2. The van der Waals surface area contributed by atoms with Crippen molar-refractivity contribution in [1.29, 1.82) is 0 Å². The van der Waals surface area contributed by atoms with Crippen LogP contribution in [0.5, 0.6) is 0 Å². The number of amides is 1. The molecule has 4 rings (SSSR count). The van der Waals surface area contributed by atoms with Crippen molar-refractivity contribution in [2.45, 2.75) is 45.7 Å². The van der Waals surface area contributed by atoms with Gasteiger partial charge < -0.3 is 9.73 Å². The van der Waals surface area contributed by atoms with Crippen LogP contribution in [0.25, 0.3) is 11.3 Å². The highest BCUT2D eigenvalue weighted by Crippen LogP contribution is 2.30. The second kappa shape index (κ2) is 10.7. The standard InChI is InChI=1S/C29H30N4O4/c1-19(2)25(26(36)27-31-32-28(37-27)29(3,4)21-14-9-6-10-15-21)30-23(34)18-33-22(16-11-17-24(33)35)20-12-7-5-8-13-20/h5-17,19,25H,18H2,1-4H3,(H,30,34)/t25-/m1/s1. The van der Waals surface area contributed by atoms with Crippen molar-refractivity contribution in [3.63, 3.8) is 0 Å². The zero-order valence-electron chi connectivity index (χ0n) is 21.3. The van der Waals surface area contributed by atoms with Gasteiger partial charge in [-0.05, 0) is 37.0 Å². The quantitative estimate of drug-likeness (QED) is 0.346. The van der Waals surface area contributed by atoms with Crippen LogP contribution < -0.4 is 10.9 Å². The van der Waals surface area contributed by atoms with Gasteiger partial charge in [0.25, 0.3) is 11.4 Å². The number of hydrogen-bond donors (Lipinski definition) is 1. The average molecular weight is 499 g/mol. The van der Waals surface area contributed by atoms with Gasteiger partial charge >= 0.3 is 0 Å². The minimum Gasteiger partial charge on any atom is -0.417 e. The summed E-state index contributed by atoms with van der Waals surface area (Å²) in [5.41, 5.74) is 1.47. The minimum atomic E-state index is -0.903. The molecular formula is C29H30N4O4. The summed E-state index contributed by atoms with van der Waals surface area (Å²) >= 11 is 0. The van der Waals surface area contributed by atoms with E-state index in [1.165, 1.54) is 10.6 Å². The number of pyridine rings is 1.